The fourth-order valence-electron chi connectivity index (χ4n) is 2.02. The smallest absolute Gasteiger partial charge is 0.243 e. The molecule has 122 valence electrons. The zero-order valence-electron chi connectivity index (χ0n) is 13.5. The van der Waals surface area contributed by atoms with Gasteiger partial charge in [-0.05, 0) is 24.1 Å². The van der Waals surface area contributed by atoms with Crippen LogP contribution in [0.25, 0.3) is 0 Å². The number of aromatic nitrogens is 2. The van der Waals surface area contributed by atoms with Crippen LogP contribution in [0.15, 0.2) is 43.0 Å². The molecule has 0 radical (unpaired) electrons. The van der Waals surface area contributed by atoms with Crippen molar-refractivity contribution in [1.82, 2.24) is 14.9 Å². The molecule has 2 N–H and O–H groups in total. The molecule has 0 aliphatic carbocycles. The maximum atomic E-state index is 11.8. The molecule has 2 amide bonds. The number of anilines is 1. The molecule has 2 aromatic rings. The second kappa shape index (κ2) is 8.12. The number of rotatable bonds is 7. The van der Waals surface area contributed by atoms with Crippen molar-refractivity contribution in [2.24, 2.45) is 5.92 Å². The molecular weight excluding hydrogens is 292 g/mol. The summed E-state index contributed by atoms with van der Waals surface area (Å²) in [7, 11) is 0. The van der Waals surface area contributed by atoms with Gasteiger partial charge in [0.25, 0.3) is 0 Å². The van der Waals surface area contributed by atoms with E-state index in [4.69, 9.17) is 0 Å². The van der Waals surface area contributed by atoms with E-state index >= 15 is 0 Å². The fraction of sp³-hybridized carbons (Fsp3) is 0.353. The van der Waals surface area contributed by atoms with Crippen LogP contribution in [0.3, 0.4) is 0 Å². The van der Waals surface area contributed by atoms with Gasteiger partial charge in [0, 0.05) is 30.5 Å². The molecule has 1 heterocycles. The molecule has 1 unspecified atom stereocenters. The minimum absolute atomic E-state index is 0.0139. The standard InChI is InChI=1S/C17H22N4O2/c1-3-13(2)17(23)19-10-16(22)20-15-6-4-14(5-7-15)11-21-9-8-18-12-21/h4-9,12-13H,3,10-11H2,1-2H3,(H,19,23)(H,20,22). The lowest BCUT2D eigenvalue weighted by Crippen LogP contribution is -2.35. The average molecular weight is 314 g/mol. The van der Waals surface area contributed by atoms with Gasteiger partial charge in [0.15, 0.2) is 0 Å². The number of imidazole rings is 1. The molecule has 0 aliphatic heterocycles. The summed E-state index contributed by atoms with van der Waals surface area (Å²) in [6.45, 7) is 4.50. The van der Waals surface area contributed by atoms with Crippen LogP contribution in [0.5, 0.6) is 0 Å². The van der Waals surface area contributed by atoms with Crippen molar-refractivity contribution in [3.05, 3.63) is 48.5 Å². The second-order valence-electron chi connectivity index (χ2n) is 5.51. The van der Waals surface area contributed by atoms with E-state index in [1.54, 1.807) is 12.5 Å². The van der Waals surface area contributed by atoms with E-state index in [0.717, 1.165) is 18.5 Å². The minimum atomic E-state index is -0.232. The fourth-order valence-corrected chi connectivity index (χ4v) is 2.02. The van der Waals surface area contributed by atoms with Gasteiger partial charge in [-0.2, -0.15) is 0 Å². The lowest BCUT2D eigenvalue weighted by molar-refractivity contribution is -0.126. The highest BCUT2D eigenvalue weighted by atomic mass is 16.2. The number of carbonyl (C=O) groups excluding carboxylic acids is 2. The maximum Gasteiger partial charge on any atom is 0.243 e. The van der Waals surface area contributed by atoms with E-state index in [1.807, 2.05) is 48.9 Å². The summed E-state index contributed by atoms with van der Waals surface area (Å²) in [5.41, 5.74) is 1.83. The van der Waals surface area contributed by atoms with Crippen molar-refractivity contribution in [2.45, 2.75) is 26.8 Å². The minimum Gasteiger partial charge on any atom is -0.347 e. The van der Waals surface area contributed by atoms with Crippen LogP contribution in [-0.2, 0) is 16.1 Å². The molecule has 0 bridgehead atoms. The van der Waals surface area contributed by atoms with Gasteiger partial charge in [0.05, 0.1) is 12.9 Å². The SMILES string of the molecule is CCC(C)C(=O)NCC(=O)Nc1ccc(Cn2ccnc2)cc1. The normalized spacial score (nSPS) is 11.7. The van der Waals surface area contributed by atoms with Gasteiger partial charge in [0.2, 0.25) is 11.8 Å². The predicted octanol–water partition coefficient (Wildman–Crippen LogP) is 2.03. The van der Waals surface area contributed by atoms with E-state index in [1.165, 1.54) is 0 Å². The number of carbonyl (C=O) groups is 2. The first-order valence-electron chi connectivity index (χ1n) is 7.70. The van der Waals surface area contributed by atoms with Crippen LogP contribution >= 0.6 is 0 Å². The van der Waals surface area contributed by atoms with E-state index in [-0.39, 0.29) is 24.3 Å². The van der Waals surface area contributed by atoms with Crippen LogP contribution in [0.2, 0.25) is 0 Å². The number of hydrogen-bond donors (Lipinski definition) is 2. The molecule has 6 heteroatoms. The van der Waals surface area contributed by atoms with Gasteiger partial charge in [-0.15, -0.1) is 0 Å². The Bertz CT molecular complexity index is 635. The Balaban J connectivity index is 1.81. The van der Waals surface area contributed by atoms with Crippen molar-refractivity contribution >= 4 is 17.5 Å². The van der Waals surface area contributed by atoms with Crippen LogP contribution in [0, 0.1) is 5.92 Å². The largest absolute Gasteiger partial charge is 0.347 e. The topological polar surface area (TPSA) is 76.0 Å². The van der Waals surface area contributed by atoms with Gasteiger partial charge in [0.1, 0.15) is 0 Å². The molecule has 0 fully saturated rings. The zero-order valence-corrected chi connectivity index (χ0v) is 13.5. The second-order valence-corrected chi connectivity index (χ2v) is 5.51. The Hall–Kier alpha value is -2.63. The van der Waals surface area contributed by atoms with E-state index < -0.39 is 0 Å². The first-order valence-corrected chi connectivity index (χ1v) is 7.70. The Kier molecular flexibility index (Phi) is 5.91. The van der Waals surface area contributed by atoms with Gasteiger partial charge >= 0.3 is 0 Å². The average Bonchev–Trinajstić information content (AvgIpc) is 3.06. The molecule has 0 spiro atoms. The van der Waals surface area contributed by atoms with Crippen LogP contribution in [-0.4, -0.2) is 27.9 Å². The van der Waals surface area contributed by atoms with Crippen molar-refractivity contribution < 1.29 is 9.59 Å². The van der Waals surface area contributed by atoms with Crippen LogP contribution in [0.4, 0.5) is 5.69 Å². The molecule has 23 heavy (non-hydrogen) atoms. The first kappa shape index (κ1) is 16.7. The molecule has 0 saturated carbocycles. The zero-order chi connectivity index (χ0) is 16.7. The predicted molar refractivity (Wildman–Crippen MR) is 88.9 cm³/mol. The number of amides is 2. The third-order valence-electron chi connectivity index (χ3n) is 3.65. The van der Waals surface area contributed by atoms with Crippen molar-refractivity contribution in [3.63, 3.8) is 0 Å². The first-order chi connectivity index (χ1) is 11.1. The Morgan fingerprint density at radius 3 is 2.61 bits per heavy atom. The van der Waals surface area contributed by atoms with E-state index in [2.05, 4.69) is 15.6 Å². The van der Waals surface area contributed by atoms with Crippen LogP contribution < -0.4 is 10.6 Å². The van der Waals surface area contributed by atoms with Gasteiger partial charge in [-0.1, -0.05) is 26.0 Å². The van der Waals surface area contributed by atoms with Crippen molar-refractivity contribution in [3.8, 4) is 0 Å². The summed E-state index contributed by atoms with van der Waals surface area (Å²) < 4.78 is 1.97. The summed E-state index contributed by atoms with van der Waals surface area (Å²) >= 11 is 0. The molecule has 1 aromatic carbocycles. The molecule has 1 aromatic heterocycles. The lowest BCUT2D eigenvalue weighted by atomic mass is 10.1. The summed E-state index contributed by atoms with van der Waals surface area (Å²) in [6, 6.07) is 7.60. The number of nitrogens with zero attached hydrogens (tertiary/aromatic N) is 2. The Morgan fingerprint density at radius 1 is 1.26 bits per heavy atom. The lowest BCUT2D eigenvalue weighted by Gasteiger charge is -2.10. The van der Waals surface area contributed by atoms with Gasteiger partial charge in [-0.3, -0.25) is 9.59 Å². The van der Waals surface area contributed by atoms with E-state index in [0.29, 0.717) is 5.69 Å². The number of benzene rings is 1. The third kappa shape index (κ3) is 5.25. The van der Waals surface area contributed by atoms with Crippen molar-refractivity contribution in [2.75, 3.05) is 11.9 Å². The molecular formula is C17H22N4O2. The van der Waals surface area contributed by atoms with Gasteiger partial charge < -0.3 is 15.2 Å². The molecule has 0 saturated heterocycles. The van der Waals surface area contributed by atoms with Crippen LogP contribution in [0.1, 0.15) is 25.8 Å². The Labute approximate surface area is 135 Å². The molecule has 2 rings (SSSR count). The highest BCUT2D eigenvalue weighted by molar-refractivity contribution is 5.94. The summed E-state index contributed by atoms with van der Waals surface area (Å²) in [4.78, 5) is 27.5. The molecule has 6 nitrogen and oxygen atoms in total. The summed E-state index contributed by atoms with van der Waals surface area (Å²) in [6.07, 6.45) is 6.15. The summed E-state index contributed by atoms with van der Waals surface area (Å²) in [5, 5.41) is 5.40. The van der Waals surface area contributed by atoms with Gasteiger partial charge in [-0.25, -0.2) is 4.98 Å². The molecule has 0 aliphatic rings. The summed E-state index contributed by atoms with van der Waals surface area (Å²) in [5.74, 6) is -0.410. The van der Waals surface area contributed by atoms with E-state index in [9.17, 15) is 9.59 Å². The third-order valence-corrected chi connectivity index (χ3v) is 3.65. The highest BCUT2D eigenvalue weighted by Gasteiger charge is 2.11. The highest BCUT2D eigenvalue weighted by Crippen LogP contribution is 2.10. The van der Waals surface area contributed by atoms with Crippen molar-refractivity contribution in [1.29, 1.82) is 0 Å². The maximum absolute atomic E-state index is 11.8. The molecule has 1 atom stereocenters. The quantitative estimate of drug-likeness (QED) is 0.821. The Morgan fingerprint density at radius 2 is 2.00 bits per heavy atom. The number of nitrogens with one attached hydrogen (secondary N) is 2. The number of hydrogen-bond acceptors (Lipinski definition) is 3. The monoisotopic (exact) mass is 314 g/mol.